The summed E-state index contributed by atoms with van der Waals surface area (Å²) in [5, 5.41) is 29.7. The van der Waals surface area contributed by atoms with Crippen molar-refractivity contribution in [1.29, 1.82) is 0 Å². The van der Waals surface area contributed by atoms with Crippen molar-refractivity contribution < 1.29 is 24.9 Å². The predicted molar refractivity (Wildman–Crippen MR) is 115 cm³/mol. The van der Waals surface area contributed by atoms with Gasteiger partial charge in [-0.2, -0.15) is 0 Å². The molecule has 31 heavy (non-hydrogen) atoms. The maximum atomic E-state index is 13.4. The van der Waals surface area contributed by atoms with E-state index in [-0.39, 0.29) is 29.2 Å². The Morgan fingerprint density at radius 1 is 1.00 bits per heavy atom. The molecule has 0 bridgehead atoms. The number of aryl methyl sites for hydroxylation is 2. The monoisotopic (exact) mass is 423 g/mol. The van der Waals surface area contributed by atoms with Crippen LogP contribution in [0, 0.1) is 6.92 Å². The number of nitrogens with zero attached hydrogens (tertiary/aromatic N) is 1. The molecule has 0 radical (unpaired) electrons. The third kappa shape index (κ3) is 5.06. The summed E-state index contributed by atoms with van der Waals surface area (Å²) >= 11 is 0. The van der Waals surface area contributed by atoms with Gasteiger partial charge in [-0.1, -0.05) is 24.3 Å². The van der Waals surface area contributed by atoms with Crippen molar-refractivity contribution in [3.63, 3.8) is 0 Å². The Balaban J connectivity index is 2.03. The zero-order valence-corrected chi connectivity index (χ0v) is 17.4. The first-order valence-corrected chi connectivity index (χ1v) is 9.87. The topological polar surface area (TPSA) is 109 Å². The molecule has 0 aliphatic rings. The van der Waals surface area contributed by atoms with Crippen molar-refractivity contribution in [2.45, 2.75) is 32.2 Å². The van der Waals surface area contributed by atoms with Crippen LogP contribution in [0.5, 0.6) is 17.2 Å². The quantitative estimate of drug-likeness (QED) is 0.504. The van der Waals surface area contributed by atoms with Crippen molar-refractivity contribution in [2.75, 3.05) is 7.11 Å². The summed E-state index contributed by atoms with van der Waals surface area (Å²) < 4.78 is 6.36. The molecular formula is C24H25NO6. The molecule has 0 unspecified atom stereocenters. The maximum Gasteiger partial charge on any atom is 0.306 e. The molecule has 7 heteroatoms. The molecule has 3 N–H and O–H groups in total. The molecule has 3 aromatic rings. The van der Waals surface area contributed by atoms with E-state index in [4.69, 9.17) is 4.74 Å². The van der Waals surface area contributed by atoms with Crippen LogP contribution in [0.2, 0.25) is 0 Å². The fourth-order valence-electron chi connectivity index (χ4n) is 3.62. The van der Waals surface area contributed by atoms with Gasteiger partial charge in [0.25, 0.3) is 5.56 Å². The van der Waals surface area contributed by atoms with E-state index >= 15 is 0 Å². The summed E-state index contributed by atoms with van der Waals surface area (Å²) in [6.07, 6.45) is 0.414. The lowest BCUT2D eigenvalue weighted by molar-refractivity contribution is -0.140. The van der Waals surface area contributed by atoms with Gasteiger partial charge in [-0.15, -0.1) is 0 Å². The van der Waals surface area contributed by atoms with Gasteiger partial charge in [0.1, 0.15) is 17.2 Å². The second-order valence-corrected chi connectivity index (χ2v) is 7.38. The van der Waals surface area contributed by atoms with Gasteiger partial charge in [-0.25, -0.2) is 0 Å². The van der Waals surface area contributed by atoms with E-state index in [1.165, 1.54) is 25.3 Å². The average Bonchev–Trinajstić information content (AvgIpc) is 2.74. The SMILES string of the molecule is COC(=O)C[C@@H](c1ccc(O)cc1)c1c(O)cc(C)n(CCc2ccc(O)cc2)c1=O. The van der Waals surface area contributed by atoms with Crippen LogP contribution in [0.1, 0.15) is 34.7 Å². The smallest absolute Gasteiger partial charge is 0.306 e. The molecule has 0 saturated carbocycles. The molecule has 1 atom stereocenters. The Morgan fingerprint density at radius 3 is 2.16 bits per heavy atom. The highest BCUT2D eigenvalue weighted by Crippen LogP contribution is 2.33. The van der Waals surface area contributed by atoms with Gasteiger partial charge in [0.05, 0.1) is 19.1 Å². The highest BCUT2D eigenvalue weighted by molar-refractivity contribution is 5.71. The van der Waals surface area contributed by atoms with E-state index in [1.807, 2.05) is 0 Å². The number of benzene rings is 2. The van der Waals surface area contributed by atoms with Crippen LogP contribution < -0.4 is 5.56 Å². The molecule has 0 fully saturated rings. The number of aromatic hydroxyl groups is 3. The zero-order chi connectivity index (χ0) is 22.5. The molecule has 0 aliphatic carbocycles. The second-order valence-electron chi connectivity index (χ2n) is 7.38. The number of ether oxygens (including phenoxy) is 1. The molecule has 0 saturated heterocycles. The number of rotatable bonds is 7. The van der Waals surface area contributed by atoms with Crippen LogP contribution in [-0.4, -0.2) is 33.0 Å². The van der Waals surface area contributed by atoms with Gasteiger partial charge in [-0.3, -0.25) is 9.59 Å². The Hall–Kier alpha value is -3.74. The van der Waals surface area contributed by atoms with Gasteiger partial charge < -0.3 is 24.6 Å². The van der Waals surface area contributed by atoms with E-state index in [0.717, 1.165) is 5.56 Å². The lowest BCUT2D eigenvalue weighted by atomic mass is 9.88. The second kappa shape index (κ2) is 9.38. The number of esters is 1. The minimum atomic E-state index is -0.735. The molecule has 0 amide bonds. The molecule has 2 aromatic carbocycles. The van der Waals surface area contributed by atoms with Gasteiger partial charge >= 0.3 is 5.97 Å². The Kier molecular flexibility index (Phi) is 6.65. The predicted octanol–water partition coefficient (Wildman–Crippen LogP) is 3.21. The number of carbonyl (C=O) groups excluding carboxylic acids is 1. The van der Waals surface area contributed by atoms with Crippen molar-refractivity contribution >= 4 is 5.97 Å². The number of phenols is 2. The summed E-state index contributed by atoms with van der Waals surface area (Å²) in [6.45, 7) is 2.10. The van der Waals surface area contributed by atoms with Crippen molar-refractivity contribution in [3.05, 3.63) is 87.3 Å². The molecule has 1 aromatic heterocycles. The van der Waals surface area contributed by atoms with Crippen LogP contribution in [-0.2, 0) is 22.5 Å². The molecule has 7 nitrogen and oxygen atoms in total. The Morgan fingerprint density at radius 2 is 1.58 bits per heavy atom. The maximum absolute atomic E-state index is 13.4. The van der Waals surface area contributed by atoms with Crippen molar-refractivity contribution in [2.24, 2.45) is 0 Å². The number of hydrogen-bond donors (Lipinski definition) is 3. The molecule has 0 spiro atoms. The first-order chi connectivity index (χ1) is 14.8. The minimum Gasteiger partial charge on any atom is -0.508 e. The van der Waals surface area contributed by atoms with Crippen LogP contribution in [0.25, 0.3) is 0 Å². The largest absolute Gasteiger partial charge is 0.508 e. The van der Waals surface area contributed by atoms with Crippen LogP contribution in [0.4, 0.5) is 0 Å². The lowest BCUT2D eigenvalue weighted by Gasteiger charge is -2.20. The number of pyridine rings is 1. The Bertz CT molecular complexity index is 1120. The van der Waals surface area contributed by atoms with E-state index in [0.29, 0.717) is 24.2 Å². The van der Waals surface area contributed by atoms with Gasteiger partial charge in [0, 0.05) is 18.2 Å². The van der Waals surface area contributed by atoms with E-state index in [9.17, 15) is 24.9 Å². The summed E-state index contributed by atoms with van der Waals surface area (Å²) in [7, 11) is 1.27. The van der Waals surface area contributed by atoms with Gasteiger partial charge in [0.15, 0.2) is 0 Å². The van der Waals surface area contributed by atoms with Crippen LogP contribution >= 0.6 is 0 Å². The number of aromatic nitrogens is 1. The van der Waals surface area contributed by atoms with Gasteiger partial charge in [-0.05, 0) is 54.8 Å². The summed E-state index contributed by atoms with van der Waals surface area (Å²) in [4.78, 5) is 25.5. The fourth-order valence-corrected chi connectivity index (χ4v) is 3.62. The standard InChI is InChI=1S/C24H25NO6/c1-15-13-21(28)23(20(14-22(29)31-2)17-5-9-19(27)10-6-17)24(30)25(15)12-11-16-3-7-18(26)8-4-16/h3-10,13,20,26-28H,11-12,14H2,1-2H3/t20-/m0/s1. The molecule has 162 valence electrons. The Labute approximate surface area is 179 Å². The summed E-state index contributed by atoms with van der Waals surface area (Å²) in [5.41, 5.74) is 1.85. The number of phenolic OH excluding ortho intramolecular Hbond substituents is 2. The number of hydrogen-bond acceptors (Lipinski definition) is 6. The van der Waals surface area contributed by atoms with Crippen molar-refractivity contribution in [1.82, 2.24) is 4.57 Å². The molecule has 1 heterocycles. The highest BCUT2D eigenvalue weighted by Gasteiger charge is 2.26. The van der Waals surface area contributed by atoms with E-state index in [1.54, 1.807) is 47.9 Å². The fraction of sp³-hybridized carbons (Fsp3) is 0.250. The van der Waals surface area contributed by atoms with Gasteiger partial charge in [0.2, 0.25) is 0 Å². The van der Waals surface area contributed by atoms with E-state index in [2.05, 4.69) is 0 Å². The molecule has 0 aliphatic heterocycles. The first-order valence-electron chi connectivity index (χ1n) is 9.87. The first kappa shape index (κ1) is 22.0. The normalized spacial score (nSPS) is 11.8. The summed E-state index contributed by atoms with van der Waals surface area (Å²) in [6, 6.07) is 14.4. The zero-order valence-electron chi connectivity index (χ0n) is 17.4. The highest BCUT2D eigenvalue weighted by atomic mass is 16.5. The van der Waals surface area contributed by atoms with E-state index < -0.39 is 17.4 Å². The lowest BCUT2D eigenvalue weighted by Crippen LogP contribution is -2.29. The molecular weight excluding hydrogens is 398 g/mol. The van der Waals surface area contributed by atoms with Crippen LogP contribution in [0.15, 0.2) is 59.4 Å². The summed E-state index contributed by atoms with van der Waals surface area (Å²) in [5.74, 6) is -1.22. The minimum absolute atomic E-state index is 0.0556. The van der Waals surface area contributed by atoms with Crippen molar-refractivity contribution in [3.8, 4) is 17.2 Å². The number of carbonyl (C=O) groups is 1. The van der Waals surface area contributed by atoms with Crippen LogP contribution in [0.3, 0.4) is 0 Å². The third-order valence-corrected chi connectivity index (χ3v) is 5.33. The average molecular weight is 423 g/mol. The molecule has 3 rings (SSSR count). The number of methoxy groups -OCH3 is 1. The third-order valence-electron chi connectivity index (χ3n) is 5.33.